The summed E-state index contributed by atoms with van der Waals surface area (Å²) in [6.45, 7) is 5.89. The van der Waals surface area contributed by atoms with Gasteiger partial charge in [-0.25, -0.2) is 0 Å². The van der Waals surface area contributed by atoms with Crippen LogP contribution in [0.5, 0.6) is 0 Å². The number of nitrogens with zero attached hydrogens (tertiary/aromatic N) is 1. The van der Waals surface area contributed by atoms with Gasteiger partial charge >= 0.3 is 0 Å². The van der Waals surface area contributed by atoms with Crippen molar-refractivity contribution in [2.45, 2.75) is 71.8 Å². The van der Waals surface area contributed by atoms with E-state index in [-0.39, 0.29) is 24.2 Å². The third-order valence-electron chi connectivity index (χ3n) is 8.99. The molecule has 190 valence electrons. The van der Waals surface area contributed by atoms with Gasteiger partial charge in [-0.1, -0.05) is 51.1 Å². The normalized spacial score (nSPS) is 25.4. The zero-order valence-corrected chi connectivity index (χ0v) is 21.9. The Balaban J connectivity index is 1.53. The van der Waals surface area contributed by atoms with Crippen molar-refractivity contribution in [2.75, 3.05) is 5.32 Å². The summed E-state index contributed by atoms with van der Waals surface area (Å²) in [6, 6.07) is 8.38. The van der Waals surface area contributed by atoms with Gasteiger partial charge in [0.05, 0.1) is 11.0 Å². The zero-order valence-electron chi connectivity index (χ0n) is 21.1. The highest BCUT2D eigenvalue weighted by Gasteiger charge is 2.65. The van der Waals surface area contributed by atoms with Crippen molar-refractivity contribution in [1.82, 2.24) is 4.90 Å². The Morgan fingerprint density at radius 2 is 1.83 bits per heavy atom. The second-order valence-electron chi connectivity index (χ2n) is 11.1. The lowest BCUT2D eigenvalue weighted by atomic mass is 9.62. The fraction of sp³-hybridized carbons (Fsp3) is 0.500. The number of benzene rings is 1. The van der Waals surface area contributed by atoms with Crippen LogP contribution in [0.1, 0.15) is 72.8 Å². The summed E-state index contributed by atoms with van der Waals surface area (Å²) in [7, 11) is 0. The first-order valence-corrected chi connectivity index (χ1v) is 13.5. The van der Waals surface area contributed by atoms with E-state index < -0.39 is 28.7 Å². The van der Waals surface area contributed by atoms with Gasteiger partial charge in [-0.05, 0) is 55.1 Å². The van der Waals surface area contributed by atoms with Crippen LogP contribution in [-0.4, -0.2) is 34.6 Å². The molecule has 3 aliphatic rings. The molecule has 0 spiro atoms. The number of nitrogens with two attached hydrogens (primary N) is 1. The fourth-order valence-electron chi connectivity index (χ4n) is 6.39. The molecule has 0 radical (unpaired) electrons. The standard InChI is InChI=1S/C28H33N3O4S/c1-27(2)18-13-14-28(27,3)26(35)31(25(18)34)19(15-16-9-5-4-6-10-16)23(33)30-24-21(22(29)32)17-11-7-8-12-20(17)36-24/h4-6,9-10,18-19H,7-8,11-15H2,1-3H3,(H2,29,32)(H,30,33). The van der Waals surface area contributed by atoms with Crippen LogP contribution in [0.3, 0.4) is 0 Å². The number of rotatable bonds is 6. The Hall–Kier alpha value is -3.00. The molecular weight excluding hydrogens is 474 g/mol. The SMILES string of the molecule is CC12CCC(C(=O)N(C(Cc3ccccc3)C(=O)Nc3sc4c(c3C(N)=O)CCCC4)C1=O)C2(C)C. The van der Waals surface area contributed by atoms with Gasteiger partial charge in [0.1, 0.15) is 11.0 Å². The predicted octanol–water partition coefficient (Wildman–Crippen LogP) is 4.09. The molecule has 7 nitrogen and oxygen atoms in total. The van der Waals surface area contributed by atoms with Crippen molar-refractivity contribution in [2.24, 2.45) is 22.5 Å². The van der Waals surface area contributed by atoms with Crippen LogP contribution >= 0.6 is 11.3 Å². The first-order valence-electron chi connectivity index (χ1n) is 12.7. The Bertz CT molecular complexity index is 1250. The number of thiophene rings is 1. The number of carbonyl (C=O) groups is 4. The molecule has 4 amide bonds. The van der Waals surface area contributed by atoms with Crippen molar-refractivity contribution in [3.8, 4) is 0 Å². The van der Waals surface area contributed by atoms with E-state index in [0.717, 1.165) is 41.7 Å². The number of nitrogens with one attached hydrogen (secondary N) is 1. The maximum absolute atomic E-state index is 13.9. The Morgan fingerprint density at radius 1 is 1.14 bits per heavy atom. The van der Waals surface area contributed by atoms with Gasteiger partial charge in [0.25, 0.3) is 5.91 Å². The third kappa shape index (κ3) is 3.69. The number of imide groups is 1. The number of fused-ring (bicyclic) bond motifs is 3. The number of hydrogen-bond acceptors (Lipinski definition) is 5. The van der Waals surface area contributed by atoms with Crippen LogP contribution in [0.4, 0.5) is 5.00 Å². The largest absolute Gasteiger partial charge is 0.365 e. The first-order chi connectivity index (χ1) is 17.1. The van der Waals surface area contributed by atoms with Crippen LogP contribution in [0.25, 0.3) is 0 Å². The van der Waals surface area contributed by atoms with E-state index >= 15 is 0 Å². The van der Waals surface area contributed by atoms with Crippen molar-refractivity contribution in [3.63, 3.8) is 0 Å². The molecule has 36 heavy (non-hydrogen) atoms. The summed E-state index contributed by atoms with van der Waals surface area (Å²) in [5.74, 6) is -1.92. The van der Waals surface area contributed by atoms with Crippen LogP contribution in [0.15, 0.2) is 30.3 Å². The highest BCUT2D eigenvalue weighted by molar-refractivity contribution is 7.17. The number of primary amides is 1. The molecule has 3 unspecified atom stereocenters. The molecule has 3 N–H and O–H groups in total. The maximum atomic E-state index is 13.9. The third-order valence-corrected chi connectivity index (χ3v) is 10.2. The number of aryl methyl sites for hydroxylation is 1. The topological polar surface area (TPSA) is 110 Å². The molecule has 1 saturated carbocycles. The first kappa shape index (κ1) is 24.7. The lowest BCUT2D eigenvalue weighted by molar-refractivity contribution is -0.172. The highest BCUT2D eigenvalue weighted by Crippen LogP contribution is 2.60. The van der Waals surface area contributed by atoms with Crippen molar-refractivity contribution < 1.29 is 19.2 Å². The minimum Gasteiger partial charge on any atom is -0.365 e. The molecule has 2 aliphatic carbocycles. The quantitative estimate of drug-likeness (QED) is 0.574. The lowest BCUT2D eigenvalue weighted by Crippen LogP contribution is -2.64. The van der Waals surface area contributed by atoms with Crippen molar-refractivity contribution in [1.29, 1.82) is 0 Å². The number of carbonyl (C=O) groups excluding carboxylic acids is 4. The molecule has 1 aromatic heterocycles. The zero-order chi connectivity index (χ0) is 25.8. The number of likely N-dealkylation sites (tertiary alicyclic amines) is 1. The average molecular weight is 508 g/mol. The number of hydrogen-bond donors (Lipinski definition) is 2. The molecule has 1 aliphatic heterocycles. The summed E-state index contributed by atoms with van der Waals surface area (Å²) in [6.07, 6.45) is 5.06. The smallest absolute Gasteiger partial charge is 0.251 e. The van der Waals surface area contributed by atoms with Gasteiger partial charge in [-0.2, -0.15) is 0 Å². The molecule has 2 aromatic rings. The molecule has 2 fully saturated rings. The summed E-state index contributed by atoms with van der Waals surface area (Å²) in [5, 5.41) is 3.34. The Kier molecular flexibility index (Phi) is 6.06. The number of amides is 4. The van der Waals surface area contributed by atoms with E-state index in [0.29, 0.717) is 23.4 Å². The van der Waals surface area contributed by atoms with Crippen molar-refractivity contribution >= 4 is 40.0 Å². The minimum absolute atomic E-state index is 0.199. The minimum atomic E-state index is -1.02. The average Bonchev–Trinajstić information content (AvgIpc) is 3.29. The molecule has 8 heteroatoms. The molecule has 2 bridgehead atoms. The van der Waals surface area contributed by atoms with E-state index in [1.807, 2.05) is 51.1 Å². The lowest BCUT2D eigenvalue weighted by Gasteiger charge is -2.49. The number of piperidine rings is 1. The van der Waals surface area contributed by atoms with Gasteiger partial charge in [0, 0.05) is 17.2 Å². The Labute approximate surface area is 215 Å². The second kappa shape index (κ2) is 8.83. The molecule has 5 rings (SSSR count). The second-order valence-corrected chi connectivity index (χ2v) is 12.2. The fourth-order valence-corrected chi connectivity index (χ4v) is 7.69. The van der Waals surface area contributed by atoms with Gasteiger partial charge in [0.15, 0.2) is 0 Å². The Morgan fingerprint density at radius 3 is 2.53 bits per heavy atom. The molecule has 1 saturated heterocycles. The predicted molar refractivity (Wildman–Crippen MR) is 139 cm³/mol. The van der Waals surface area contributed by atoms with Crippen LogP contribution < -0.4 is 11.1 Å². The summed E-state index contributed by atoms with van der Waals surface area (Å²) in [4.78, 5) is 56.2. The van der Waals surface area contributed by atoms with E-state index in [1.165, 1.54) is 16.2 Å². The summed E-state index contributed by atoms with van der Waals surface area (Å²) in [5.41, 5.74) is 6.68. The molecule has 2 heterocycles. The van der Waals surface area contributed by atoms with E-state index in [1.54, 1.807) is 0 Å². The molecule has 1 aromatic carbocycles. The van der Waals surface area contributed by atoms with Gasteiger partial charge in [-0.15, -0.1) is 11.3 Å². The summed E-state index contributed by atoms with van der Waals surface area (Å²) < 4.78 is 0. The van der Waals surface area contributed by atoms with Crippen LogP contribution in [-0.2, 0) is 33.6 Å². The van der Waals surface area contributed by atoms with E-state index in [2.05, 4.69) is 5.32 Å². The van der Waals surface area contributed by atoms with Gasteiger partial charge < -0.3 is 11.1 Å². The van der Waals surface area contributed by atoms with Crippen LogP contribution in [0.2, 0.25) is 0 Å². The highest BCUT2D eigenvalue weighted by atomic mass is 32.1. The van der Waals surface area contributed by atoms with E-state index in [9.17, 15) is 19.2 Å². The van der Waals surface area contributed by atoms with Gasteiger partial charge in [-0.3, -0.25) is 24.1 Å². The van der Waals surface area contributed by atoms with E-state index in [4.69, 9.17) is 5.73 Å². The van der Waals surface area contributed by atoms with Crippen molar-refractivity contribution in [3.05, 3.63) is 51.9 Å². The maximum Gasteiger partial charge on any atom is 0.251 e. The number of anilines is 1. The van der Waals surface area contributed by atoms with Crippen LogP contribution in [0, 0.1) is 16.7 Å². The molecule has 3 atom stereocenters. The monoisotopic (exact) mass is 507 g/mol. The summed E-state index contributed by atoms with van der Waals surface area (Å²) >= 11 is 1.38. The molecular formula is C28H33N3O4S. The van der Waals surface area contributed by atoms with Gasteiger partial charge in [0.2, 0.25) is 17.7 Å².